The van der Waals surface area contributed by atoms with E-state index in [1.807, 2.05) is 18.5 Å². The van der Waals surface area contributed by atoms with Crippen LogP contribution in [-0.4, -0.2) is 16.6 Å². The third-order valence-corrected chi connectivity index (χ3v) is 3.71. The molecule has 2 rings (SSSR count). The maximum absolute atomic E-state index is 4.40. The van der Waals surface area contributed by atoms with Gasteiger partial charge >= 0.3 is 0 Å². The minimum absolute atomic E-state index is 0.793. The van der Waals surface area contributed by atoms with Crippen molar-refractivity contribution in [1.82, 2.24) is 9.97 Å². The Hall–Kier alpha value is -0.530. The first-order valence-electron chi connectivity index (χ1n) is 3.28. The number of aromatic nitrogens is 2. The van der Waals surface area contributed by atoms with Gasteiger partial charge in [-0.3, -0.25) is 4.98 Å². The first-order chi connectivity index (χ1) is 5.40. The van der Waals surface area contributed by atoms with Crippen LogP contribution in [0.5, 0.6) is 0 Å². The summed E-state index contributed by atoms with van der Waals surface area (Å²) in [7, 11) is 0.793. The predicted molar refractivity (Wildman–Crippen MR) is 51.3 cm³/mol. The van der Waals surface area contributed by atoms with Crippen molar-refractivity contribution in [3.63, 3.8) is 0 Å². The molecule has 4 heteroatoms. The van der Waals surface area contributed by atoms with E-state index in [-0.39, 0.29) is 0 Å². The summed E-state index contributed by atoms with van der Waals surface area (Å²) in [4.78, 5) is 8.41. The molecule has 2 aromatic heterocycles. The van der Waals surface area contributed by atoms with Crippen LogP contribution in [0.2, 0.25) is 0 Å². The lowest BCUT2D eigenvalue weighted by Gasteiger charge is -1.80. The number of thiazole rings is 1. The van der Waals surface area contributed by atoms with Crippen molar-refractivity contribution in [1.29, 1.82) is 0 Å². The Morgan fingerprint density at radius 3 is 3.18 bits per heavy atom. The lowest BCUT2D eigenvalue weighted by molar-refractivity contribution is 1.35. The fourth-order valence-electron chi connectivity index (χ4n) is 0.887. The van der Waals surface area contributed by atoms with Crippen molar-refractivity contribution >= 4 is 34.9 Å². The van der Waals surface area contributed by atoms with Crippen molar-refractivity contribution < 1.29 is 0 Å². The summed E-state index contributed by atoms with van der Waals surface area (Å²) >= 11 is 1.76. The number of pyridine rings is 1. The molecule has 1 unspecified atom stereocenters. The van der Waals surface area contributed by atoms with E-state index >= 15 is 0 Å². The normalized spacial score (nSPS) is 11.7. The van der Waals surface area contributed by atoms with Gasteiger partial charge in [0.1, 0.15) is 10.3 Å². The van der Waals surface area contributed by atoms with Gasteiger partial charge in [-0.25, -0.2) is 4.98 Å². The molecule has 0 saturated carbocycles. The van der Waals surface area contributed by atoms with Gasteiger partial charge in [0, 0.05) is 6.20 Å². The van der Waals surface area contributed by atoms with Crippen LogP contribution in [0.3, 0.4) is 0 Å². The van der Waals surface area contributed by atoms with Gasteiger partial charge in [0.05, 0.1) is 10.9 Å². The summed E-state index contributed by atoms with van der Waals surface area (Å²) in [6.07, 6.45) is 3.62. The quantitative estimate of drug-likeness (QED) is 0.626. The Kier molecular flexibility index (Phi) is 1.84. The minimum atomic E-state index is 0.793. The standard InChI is InChI=1S/C7H7N2PS/c1-10-7-9-5-4-8-3-2-6(5)11-7/h2-4,10H,1H3. The molecule has 0 aliphatic carbocycles. The highest BCUT2D eigenvalue weighted by Crippen LogP contribution is 2.18. The van der Waals surface area contributed by atoms with Crippen molar-refractivity contribution in [3.05, 3.63) is 18.5 Å². The van der Waals surface area contributed by atoms with E-state index in [4.69, 9.17) is 0 Å². The highest BCUT2D eigenvalue weighted by molar-refractivity contribution is 7.56. The molecule has 0 saturated heterocycles. The third kappa shape index (κ3) is 1.26. The summed E-state index contributed by atoms with van der Waals surface area (Å²) in [6.45, 7) is 2.14. The Labute approximate surface area is 70.5 Å². The molecule has 0 aromatic carbocycles. The molecule has 0 spiro atoms. The Bertz CT molecular complexity index is 338. The summed E-state index contributed by atoms with van der Waals surface area (Å²) in [6, 6.07) is 2.01. The maximum Gasteiger partial charge on any atom is 0.113 e. The summed E-state index contributed by atoms with van der Waals surface area (Å²) in [5.74, 6) is 0. The van der Waals surface area contributed by atoms with Gasteiger partial charge in [-0.2, -0.15) is 0 Å². The van der Waals surface area contributed by atoms with Crippen LogP contribution in [0.4, 0.5) is 0 Å². The Morgan fingerprint density at radius 2 is 2.45 bits per heavy atom. The van der Waals surface area contributed by atoms with E-state index < -0.39 is 0 Å². The van der Waals surface area contributed by atoms with Crippen LogP contribution in [0.1, 0.15) is 0 Å². The van der Waals surface area contributed by atoms with Crippen molar-refractivity contribution in [2.75, 3.05) is 6.66 Å². The van der Waals surface area contributed by atoms with Crippen LogP contribution in [0.25, 0.3) is 10.2 Å². The lowest BCUT2D eigenvalue weighted by atomic mass is 10.5. The van der Waals surface area contributed by atoms with E-state index in [0.29, 0.717) is 0 Å². The molecular formula is C7H7N2PS. The maximum atomic E-state index is 4.40. The molecule has 56 valence electrons. The van der Waals surface area contributed by atoms with Gasteiger partial charge < -0.3 is 0 Å². The summed E-state index contributed by atoms with van der Waals surface area (Å²) in [5, 5.41) is 0. The predicted octanol–water partition coefficient (Wildman–Crippen LogP) is 1.62. The molecule has 0 radical (unpaired) electrons. The Morgan fingerprint density at radius 1 is 1.55 bits per heavy atom. The molecule has 0 N–H and O–H groups in total. The first kappa shape index (κ1) is 7.14. The lowest BCUT2D eigenvalue weighted by Crippen LogP contribution is -1.86. The van der Waals surface area contributed by atoms with Gasteiger partial charge in [-0.05, 0) is 12.7 Å². The van der Waals surface area contributed by atoms with Gasteiger partial charge in [0.2, 0.25) is 0 Å². The second-order valence-electron chi connectivity index (χ2n) is 2.11. The number of hydrogen-bond acceptors (Lipinski definition) is 3. The second-order valence-corrected chi connectivity index (χ2v) is 4.48. The minimum Gasteiger partial charge on any atom is -0.262 e. The van der Waals surface area contributed by atoms with E-state index in [0.717, 1.165) is 14.1 Å². The average molecular weight is 182 g/mol. The van der Waals surface area contributed by atoms with Crippen molar-refractivity contribution in [3.8, 4) is 0 Å². The van der Waals surface area contributed by atoms with Crippen LogP contribution < -0.4 is 4.75 Å². The third-order valence-electron chi connectivity index (χ3n) is 1.40. The highest BCUT2D eigenvalue weighted by atomic mass is 32.1. The fraction of sp³-hybridized carbons (Fsp3) is 0.143. The molecule has 2 aromatic rings. The van der Waals surface area contributed by atoms with Gasteiger partial charge in [-0.1, -0.05) is 8.58 Å². The largest absolute Gasteiger partial charge is 0.262 e. The zero-order chi connectivity index (χ0) is 7.68. The van der Waals surface area contributed by atoms with Crippen molar-refractivity contribution in [2.45, 2.75) is 0 Å². The zero-order valence-electron chi connectivity index (χ0n) is 6.03. The highest BCUT2D eigenvalue weighted by Gasteiger charge is 1.99. The molecule has 2 heterocycles. The van der Waals surface area contributed by atoms with E-state index in [1.54, 1.807) is 11.3 Å². The molecule has 0 fully saturated rings. The molecule has 1 atom stereocenters. The molecular weight excluding hydrogens is 175 g/mol. The van der Waals surface area contributed by atoms with Gasteiger partial charge in [-0.15, -0.1) is 11.3 Å². The fourth-order valence-corrected chi connectivity index (χ4v) is 2.54. The topological polar surface area (TPSA) is 25.8 Å². The van der Waals surface area contributed by atoms with Crippen LogP contribution in [0, 0.1) is 0 Å². The molecule has 0 aliphatic heterocycles. The van der Waals surface area contributed by atoms with E-state index in [9.17, 15) is 0 Å². The summed E-state index contributed by atoms with van der Waals surface area (Å²) < 4.78 is 2.46. The van der Waals surface area contributed by atoms with Gasteiger partial charge in [0.25, 0.3) is 0 Å². The molecule has 0 aliphatic rings. The number of hydrogen-bond donors (Lipinski definition) is 0. The second kappa shape index (κ2) is 2.84. The SMILES string of the molecule is CPc1nc2cnccc2s1. The molecule has 0 bridgehead atoms. The van der Waals surface area contributed by atoms with Crippen LogP contribution >= 0.6 is 19.9 Å². The van der Waals surface area contributed by atoms with E-state index in [1.165, 1.54) is 9.45 Å². The number of rotatable bonds is 1. The van der Waals surface area contributed by atoms with Crippen molar-refractivity contribution in [2.24, 2.45) is 0 Å². The monoisotopic (exact) mass is 182 g/mol. The average Bonchev–Trinajstić information content (AvgIpc) is 2.46. The molecule has 0 amide bonds. The smallest absolute Gasteiger partial charge is 0.113 e. The molecule has 2 nitrogen and oxygen atoms in total. The summed E-state index contributed by atoms with van der Waals surface area (Å²) in [5.41, 5.74) is 1.03. The zero-order valence-corrected chi connectivity index (χ0v) is 7.85. The number of fused-ring (bicyclic) bond motifs is 1. The van der Waals surface area contributed by atoms with Crippen LogP contribution in [0.15, 0.2) is 18.5 Å². The Balaban J connectivity index is 2.69. The van der Waals surface area contributed by atoms with E-state index in [2.05, 4.69) is 16.6 Å². The first-order valence-corrected chi connectivity index (χ1v) is 5.60. The van der Waals surface area contributed by atoms with Crippen LogP contribution in [-0.2, 0) is 0 Å². The van der Waals surface area contributed by atoms with Gasteiger partial charge in [0.15, 0.2) is 0 Å². The number of nitrogens with zero attached hydrogens (tertiary/aromatic N) is 2. The molecule has 11 heavy (non-hydrogen) atoms.